The second-order valence-corrected chi connectivity index (χ2v) is 8.14. The highest BCUT2D eigenvalue weighted by molar-refractivity contribution is 7.89. The molecule has 0 saturated heterocycles. The van der Waals surface area contributed by atoms with Gasteiger partial charge in [-0.05, 0) is 29.8 Å². The maximum Gasteiger partial charge on any atom is 0.337 e. The SMILES string of the molecule is O=C(O)c1cc(S(=O)(=O)N[C@@H](Cc2c[nH]c3ccccc23)C(=O)O)ccc1Cl. The number of carboxylic acid groups (broad SMARTS) is 2. The molecule has 146 valence electrons. The first-order valence-electron chi connectivity index (χ1n) is 8.02. The summed E-state index contributed by atoms with van der Waals surface area (Å²) in [5, 5.41) is 19.2. The van der Waals surface area contributed by atoms with Gasteiger partial charge in [-0.25, -0.2) is 13.2 Å². The number of para-hydroxylation sites is 1. The summed E-state index contributed by atoms with van der Waals surface area (Å²) in [6.07, 6.45) is 1.53. The second kappa shape index (κ2) is 7.63. The molecule has 0 spiro atoms. The molecule has 0 unspecified atom stereocenters. The zero-order valence-electron chi connectivity index (χ0n) is 14.2. The van der Waals surface area contributed by atoms with Gasteiger partial charge in [0.2, 0.25) is 10.0 Å². The van der Waals surface area contributed by atoms with Crippen LogP contribution in [0.3, 0.4) is 0 Å². The van der Waals surface area contributed by atoms with Gasteiger partial charge < -0.3 is 15.2 Å². The summed E-state index contributed by atoms with van der Waals surface area (Å²) in [6.45, 7) is 0. The van der Waals surface area contributed by atoms with Gasteiger partial charge in [-0.2, -0.15) is 4.72 Å². The molecule has 4 N–H and O–H groups in total. The van der Waals surface area contributed by atoms with E-state index >= 15 is 0 Å². The Hall–Kier alpha value is -2.88. The number of aliphatic carboxylic acids is 1. The van der Waals surface area contributed by atoms with E-state index in [1.807, 2.05) is 12.1 Å². The number of aromatic amines is 1. The molecule has 1 atom stereocenters. The highest BCUT2D eigenvalue weighted by Crippen LogP contribution is 2.22. The Balaban J connectivity index is 1.91. The fourth-order valence-corrected chi connectivity index (χ4v) is 4.20. The molecule has 0 amide bonds. The van der Waals surface area contributed by atoms with Gasteiger partial charge >= 0.3 is 11.9 Å². The van der Waals surface area contributed by atoms with Gasteiger partial charge in [-0.15, -0.1) is 0 Å². The van der Waals surface area contributed by atoms with E-state index in [9.17, 15) is 23.1 Å². The van der Waals surface area contributed by atoms with Gasteiger partial charge in [0.25, 0.3) is 0 Å². The number of carboxylic acids is 2. The molecule has 28 heavy (non-hydrogen) atoms. The molecule has 3 aromatic rings. The van der Waals surface area contributed by atoms with Crippen molar-refractivity contribution in [2.45, 2.75) is 17.4 Å². The number of rotatable bonds is 7. The molecule has 2 aromatic carbocycles. The van der Waals surface area contributed by atoms with Gasteiger partial charge in [-0.3, -0.25) is 4.79 Å². The predicted molar refractivity (Wildman–Crippen MR) is 102 cm³/mol. The summed E-state index contributed by atoms with van der Waals surface area (Å²) in [5.74, 6) is -2.75. The van der Waals surface area contributed by atoms with E-state index in [0.29, 0.717) is 5.56 Å². The third-order valence-corrected chi connectivity index (χ3v) is 5.97. The van der Waals surface area contributed by atoms with Gasteiger partial charge in [0.15, 0.2) is 0 Å². The summed E-state index contributed by atoms with van der Waals surface area (Å²) < 4.78 is 27.3. The van der Waals surface area contributed by atoms with Crippen molar-refractivity contribution in [1.29, 1.82) is 0 Å². The average molecular weight is 423 g/mol. The third kappa shape index (κ3) is 4.01. The van der Waals surface area contributed by atoms with E-state index in [-0.39, 0.29) is 16.3 Å². The summed E-state index contributed by atoms with van der Waals surface area (Å²) in [6, 6.07) is 8.91. The first kappa shape index (κ1) is 19.9. The lowest BCUT2D eigenvalue weighted by atomic mass is 10.1. The minimum Gasteiger partial charge on any atom is -0.480 e. The van der Waals surface area contributed by atoms with E-state index in [1.165, 1.54) is 0 Å². The number of sulfonamides is 1. The maximum absolute atomic E-state index is 12.6. The van der Waals surface area contributed by atoms with Crippen molar-refractivity contribution in [2.75, 3.05) is 0 Å². The van der Waals surface area contributed by atoms with Crippen LogP contribution in [0.2, 0.25) is 5.02 Å². The van der Waals surface area contributed by atoms with Crippen LogP contribution in [0.1, 0.15) is 15.9 Å². The molecule has 10 heteroatoms. The average Bonchev–Trinajstić information content (AvgIpc) is 3.04. The van der Waals surface area contributed by atoms with Gasteiger partial charge in [0, 0.05) is 23.5 Å². The lowest BCUT2D eigenvalue weighted by molar-refractivity contribution is -0.138. The molecule has 0 aliphatic rings. The maximum atomic E-state index is 12.6. The molecule has 0 radical (unpaired) electrons. The highest BCUT2D eigenvalue weighted by Gasteiger charge is 2.27. The van der Waals surface area contributed by atoms with Crippen LogP contribution in [-0.4, -0.2) is 41.6 Å². The van der Waals surface area contributed by atoms with Crippen molar-refractivity contribution in [1.82, 2.24) is 9.71 Å². The Morgan fingerprint density at radius 3 is 2.54 bits per heavy atom. The van der Waals surface area contributed by atoms with Crippen molar-refractivity contribution < 1.29 is 28.2 Å². The zero-order valence-corrected chi connectivity index (χ0v) is 15.8. The minimum atomic E-state index is -4.30. The number of halogens is 1. The molecule has 0 aliphatic heterocycles. The van der Waals surface area contributed by atoms with E-state index in [2.05, 4.69) is 9.71 Å². The number of benzene rings is 2. The molecular formula is C18H15ClN2O6S. The molecule has 0 fully saturated rings. The minimum absolute atomic E-state index is 0.0993. The number of aromatic carboxylic acids is 1. The Bertz CT molecular complexity index is 1170. The molecule has 8 nitrogen and oxygen atoms in total. The standard InChI is InChI=1S/C18H15ClN2O6S/c19-14-6-5-11(8-13(14)17(22)23)28(26,27)21-16(18(24)25)7-10-9-20-15-4-2-1-3-12(10)15/h1-6,8-9,16,20-21H,7H2,(H,22,23)(H,24,25)/t16-/m0/s1. The van der Waals surface area contributed by atoms with Crippen LogP contribution < -0.4 is 4.72 Å². The number of H-pyrrole nitrogens is 1. The molecule has 1 heterocycles. The molecule has 0 bridgehead atoms. The van der Waals surface area contributed by atoms with Gasteiger partial charge in [0.05, 0.1) is 15.5 Å². The van der Waals surface area contributed by atoms with Gasteiger partial charge in [0.1, 0.15) is 6.04 Å². The summed E-state index contributed by atoms with van der Waals surface area (Å²) in [5.41, 5.74) is 1.04. The predicted octanol–water partition coefficient (Wildman–Crippen LogP) is 2.49. The number of hydrogen-bond acceptors (Lipinski definition) is 4. The molecule has 1 aromatic heterocycles. The van der Waals surface area contributed by atoms with Crippen LogP contribution in [0.5, 0.6) is 0 Å². The normalized spacial score (nSPS) is 12.8. The van der Waals surface area contributed by atoms with Crippen molar-refractivity contribution >= 4 is 44.5 Å². The largest absolute Gasteiger partial charge is 0.480 e. The van der Waals surface area contributed by atoms with Crippen molar-refractivity contribution in [3.05, 3.63) is 64.8 Å². The lowest BCUT2D eigenvalue weighted by Crippen LogP contribution is -2.42. The smallest absolute Gasteiger partial charge is 0.337 e. The fraction of sp³-hybridized carbons (Fsp3) is 0.111. The fourth-order valence-electron chi connectivity index (χ4n) is 2.79. The van der Waals surface area contributed by atoms with Crippen molar-refractivity contribution in [3.63, 3.8) is 0 Å². The van der Waals surface area contributed by atoms with Crippen LogP contribution in [0.4, 0.5) is 0 Å². The number of carbonyl (C=O) groups is 2. The number of fused-ring (bicyclic) bond motifs is 1. The summed E-state index contributed by atoms with van der Waals surface area (Å²) in [4.78, 5) is 25.4. The first-order chi connectivity index (χ1) is 13.2. The van der Waals surface area contributed by atoms with Crippen LogP contribution in [0, 0.1) is 0 Å². The quantitative estimate of drug-likeness (QED) is 0.461. The van der Waals surface area contributed by atoms with Gasteiger partial charge in [-0.1, -0.05) is 29.8 Å². The summed E-state index contributed by atoms with van der Waals surface area (Å²) >= 11 is 5.75. The number of aromatic nitrogens is 1. The number of nitrogens with one attached hydrogen (secondary N) is 2. The van der Waals surface area contributed by atoms with Crippen LogP contribution in [-0.2, 0) is 21.2 Å². The Labute approximate surface area is 164 Å². The van der Waals surface area contributed by atoms with E-state index in [1.54, 1.807) is 18.3 Å². The molecular weight excluding hydrogens is 408 g/mol. The van der Waals surface area contributed by atoms with Crippen molar-refractivity contribution in [3.8, 4) is 0 Å². The lowest BCUT2D eigenvalue weighted by Gasteiger charge is -2.15. The van der Waals surface area contributed by atoms with Crippen LogP contribution in [0.25, 0.3) is 10.9 Å². The molecule has 3 rings (SSSR count). The topological polar surface area (TPSA) is 137 Å². The third-order valence-electron chi connectivity index (χ3n) is 4.17. The molecule has 0 saturated carbocycles. The second-order valence-electron chi connectivity index (χ2n) is 6.02. The monoisotopic (exact) mass is 422 g/mol. The van der Waals surface area contributed by atoms with Crippen LogP contribution in [0.15, 0.2) is 53.6 Å². The number of hydrogen-bond donors (Lipinski definition) is 4. The summed E-state index contributed by atoms with van der Waals surface area (Å²) in [7, 11) is -4.30. The highest BCUT2D eigenvalue weighted by atomic mass is 35.5. The van der Waals surface area contributed by atoms with E-state index < -0.39 is 33.6 Å². The van der Waals surface area contributed by atoms with Crippen LogP contribution >= 0.6 is 11.6 Å². The van der Waals surface area contributed by atoms with E-state index in [0.717, 1.165) is 29.1 Å². The Morgan fingerprint density at radius 2 is 1.86 bits per heavy atom. The zero-order chi connectivity index (χ0) is 20.5. The Kier molecular flexibility index (Phi) is 5.41. The van der Waals surface area contributed by atoms with E-state index in [4.69, 9.17) is 16.7 Å². The van der Waals surface area contributed by atoms with Crippen molar-refractivity contribution in [2.24, 2.45) is 0 Å². The Morgan fingerprint density at radius 1 is 1.14 bits per heavy atom. The molecule has 0 aliphatic carbocycles. The first-order valence-corrected chi connectivity index (χ1v) is 9.88.